The SMILES string of the molecule is O=C(CCc1ccccc1)Nc1cccc(N2C(=O)[C@@H]3[C@H](C2=O)[C@@H]2C=C[C@H]3C2)c1. The molecular weight excluding hydrogens is 364 g/mol. The van der Waals surface area contributed by atoms with E-state index in [2.05, 4.69) is 17.5 Å². The predicted octanol–water partition coefficient (Wildman–Crippen LogP) is 3.57. The second-order valence-corrected chi connectivity index (χ2v) is 8.10. The Bertz CT molecular complexity index is 984. The number of imide groups is 1. The molecule has 3 aliphatic rings. The topological polar surface area (TPSA) is 66.5 Å². The summed E-state index contributed by atoms with van der Waals surface area (Å²) < 4.78 is 0. The third-order valence-corrected chi connectivity index (χ3v) is 6.34. The number of carbonyl (C=O) groups excluding carboxylic acids is 3. The molecule has 1 N–H and O–H groups in total. The Morgan fingerprint density at radius 1 is 0.931 bits per heavy atom. The van der Waals surface area contributed by atoms with Gasteiger partial charge >= 0.3 is 0 Å². The maximum Gasteiger partial charge on any atom is 0.238 e. The molecule has 2 bridgehead atoms. The van der Waals surface area contributed by atoms with Crippen molar-refractivity contribution in [3.63, 3.8) is 0 Å². The molecule has 1 heterocycles. The Morgan fingerprint density at radius 2 is 1.62 bits per heavy atom. The highest BCUT2D eigenvalue weighted by molar-refractivity contribution is 6.23. The van der Waals surface area contributed by atoms with Gasteiger partial charge in [0.1, 0.15) is 0 Å². The second-order valence-electron chi connectivity index (χ2n) is 8.10. The van der Waals surface area contributed by atoms with Gasteiger partial charge in [-0.15, -0.1) is 0 Å². The van der Waals surface area contributed by atoms with E-state index in [0.29, 0.717) is 24.2 Å². The number of nitrogens with zero attached hydrogens (tertiary/aromatic N) is 1. The summed E-state index contributed by atoms with van der Waals surface area (Å²) in [6.45, 7) is 0. The van der Waals surface area contributed by atoms with Gasteiger partial charge in [-0.25, -0.2) is 4.90 Å². The normalized spacial score (nSPS) is 26.8. The molecule has 0 radical (unpaired) electrons. The zero-order valence-corrected chi connectivity index (χ0v) is 16.0. The van der Waals surface area contributed by atoms with Gasteiger partial charge in [-0.1, -0.05) is 48.6 Å². The maximum absolute atomic E-state index is 13.0. The minimum Gasteiger partial charge on any atom is -0.326 e. The fourth-order valence-electron chi connectivity index (χ4n) is 5.01. The number of aryl methyl sites for hydroxylation is 1. The summed E-state index contributed by atoms with van der Waals surface area (Å²) in [5.74, 6) is -0.374. The lowest BCUT2D eigenvalue weighted by molar-refractivity contribution is -0.123. The molecule has 2 fully saturated rings. The second kappa shape index (κ2) is 6.99. The number of allylic oxidation sites excluding steroid dienone is 2. The highest BCUT2D eigenvalue weighted by atomic mass is 16.2. The van der Waals surface area contributed by atoms with Crippen LogP contribution in [0.2, 0.25) is 0 Å². The van der Waals surface area contributed by atoms with E-state index < -0.39 is 0 Å². The quantitative estimate of drug-likeness (QED) is 0.631. The summed E-state index contributed by atoms with van der Waals surface area (Å²) in [5.41, 5.74) is 2.24. The summed E-state index contributed by atoms with van der Waals surface area (Å²) in [5, 5.41) is 2.89. The molecule has 3 amide bonds. The van der Waals surface area contributed by atoms with Crippen LogP contribution in [0.25, 0.3) is 0 Å². The monoisotopic (exact) mass is 386 g/mol. The summed E-state index contributed by atoms with van der Waals surface area (Å²) in [4.78, 5) is 39.6. The molecule has 5 nitrogen and oxygen atoms in total. The number of nitrogens with one attached hydrogen (secondary N) is 1. The van der Waals surface area contributed by atoms with E-state index in [-0.39, 0.29) is 41.4 Å². The molecule has 4 atom stereocenters. The molecule has 2 aromatic carbocycles. The van der Waals surface area contributed by atoms with E-state index in [1.54, 1.807) is 24.3 Å². The largest absolute Gasteiger partial charge is 0.326 e. The van der Waals surface area contributed by atoms with Gasteiger partial charge < -0.3 is 5.32 Å². The van der Waals surface area contributed by atoms with Crippen molar-refractivity contribution in [3.8, 4) is 0 Å². The molecule has 2 aliphatic carbocycles. The van der Waals surface area contributed by atoms with Gasteiger partial charge in [0.25, 0.3) is 0 Å². The number of anilines is 2. The first-order valence-corrected chi connectivity index (χ1v) is 10.1. The van der Waals surface area contributed by atoms with Crippen molar-refractivity contribution in [3.05, 3.63) is 72.3 Å². The Balaban J connectivity index is 1.28. The predicted molar refractivity (Wildman–Crippen MR) is 110 cm³/mol. The zero-order valence-electron chi connectivity index (χ0n) is 16.0. The van der Waals surface area contributed by atoms with E-state index in [9.17, 15) is 14.4 Å². The van der Waals surface area contributed by atoms with E-state index in [4.69, 9.17) is 0 Å². The standard InChI is InChI=1S/C24H22N2O3/c27-20(12-9-15-5-2-1-3-6-15)25-18-7-4-8-19(14-18)26-23(28)21-16-10-11-17(13-16)22(21)24(26)29/h1-8,10-11,14,16-17,21-22H,9,12-13H2,(H,25,27)/t16-,17+,21-,22+. The van der Waals surface area contributed by atoms with Crippen molar-refractivity contribution in [2.45, 2.75) is 19.3 Å². The fourth-order valence-corrected chi connectivity index (χ4v) is 5.01. The summed E-state index contributed by atoms with van der Waals surface area (Å²) in [7, 11) is 0. The van der Waals surface area contributed by atoms with Crippen molar-refractivity contribution in [1.82, 2.24) is 0 Å². The number of hydrogen-bond acceptors (Lipinski definition) is 3. The molecule has 146 valence electrons. The first-order valence-electron chi connectivity index (χ1n) is 10.1. The van der Waals surface area contributed by atoms with E-state index in [1.807, 2.05) is 30.3 Å². The molecule has 0 unspecified atom stereocenters. The lowest BCUT2D eigenvalue weighted by Crippen LogP contribution is -2.32. The Labute approximate surface area is 169 Å². The van der Waals surface area contributed by atoms with Crippen LogP contribution in [0, 0.1) is 23.7 Å². The van der Waals surface area contributed by atoms with Crippen molar-refractivity contribution in [1.29, 1.82) is 0 Å². The third kappa shape index (κ3) is 3.07. The smallest absolute Gasteiger partial charge is 0.238 e. The lowest BCUT2D eigenvalue weighted by Gasteiger charge is -2.18. The van der Waals surface area contributed by atoms with Gasteiger partial charge in [0.05, 0.1) is 17.5 Å². The van der Waals surface area contributed by atoms with Crippen LogP contribution in [0.3, 0.4) is 0 Å². The number of hydrogen-bond donors (Lipinski definition) is 1. The first-order chi connectivity index (χ1) is 14.1. The number of amides is 3. The van der Waals surface area contributed by atoms with Gasteiger partial charge in [0.15, 0.2) is 0 Å². The van der Waals surface area contributed by atoms with Gasteiger partial charge in [-0.05, 0) is 48.4 Å². The van der Waals surface area contributed by atoms with Crippen molar-refractivity contribution < 1.29 is 14.4 Å². The lowest BCUT2D eigenvalue weighted by atomic mass is 9.85. The number of benzene rings is 2. The fraction of sp³-hybridized carbons (Fsp3) is 0.292. The summed E-state index contributed by atoms with van der Waals surface area (Å²) >= 11 is 0. The number of fused-ring (bicyclic) bond motifs is 5. The molecule has 5 rings (SSSR count). The van der Waals surface area contributed by atoms with Crippen LogP contribution in [-0.2, 0) is 20.8 Å². The molecule has 1 aliphatic heterocycles. The Kier molecular flexibility index (Phi) is 4.31. The van der Waals surface area contributed by atoms with Crippen LogP contribution in [0.4, 0.5) is 11.4 Å². The molecule has 0 aromatic heterocycles. The zero-order chi connectivity index (χ0) is 20.0. The first kappa shape index (κ1) is 17.9. The van der Waals surface area contributed by atoms with E-state index in [0.717, 1.165) is 12.0 Å². The van der Waals surface area contributed by atoms with Crippen LogP contribution in [0.5, 0.6) is 0 Å². The average Bonchev–Trinajstić information content (AvgIpc) is 3.41. The molecule has 29 heavy (non-hydrogen) atoms. The van der Waals surface area contributed by atoms with Gasteiger partial charge in [-0.3, -0.25) is 14.4 Å². The van der Waals surface area contributed by atoms with Crippen LogP contribution in [0.15, 0.2) is 66.7 Å². The Morgan fingerprint density at radius 3 is 2.31 bits per heavy atom. The van der Waals surface area contributed by atoms with E-state index >= 15 is 0 Å². The van der Waals surface area contributed by atoms with Crippen molar-refractivity contribution in [2.24, 2.45) is 23.7 Å². The molecule has 0 spiro atoms. The van der Waals surface area contributed by atoms with Crippen LogP contribution >= 0.6 is 0 Å². The summed E-state index contributed by atoms with van der Waals surface area (Å²) in [6.07, 6.45) is 6.12. The average molecular weight is 386 g/mol. The maximum atomic E-state index is 13.0. The third-order valence-electron chi connectivity index (χ3n) is 6.34. The van der Waals surface area contributed by atoms with Crippen molar-refractivity contribution >= 4 is 29.1 Å². The van der Waals surface area contributed by atoms with Gasteiger partial charge in [-0.2, -0.15) is 0 Å². The van der Waals surface area contributed by atoms with Crippen LogP contribution in [0.1, 0.15) is 18.4 Å². The van der Waals surface area contributed by atoms with E-state index in [1.165, 1.54) is 4.90 Å². The van der Waals surface area contributed by atoms with Gasteiger partial charge in [0, 0.05) is 12.1 Å². The number of rotatable bonds is 5. The molecule has 2 aromatic rings. The Hall–Kier alpha value is -3.21. The van der Waals surface area contributed by atoms with Crippen LogP contribution < -0.4 is 10.2 Å². The van der Waals surface area contributed by atoms with Gasteiger partial charge in [0.2, 0.25) is 17.7 Å². The number of carbonyl (C=O) groups is 3. The molecule has 1 saturated carbocycles. The molecule has 5 heteroatoms. The van der Waals surface area contributed by atoms with Crippen LogP contribution in [-0.4, -0.2) is 17.7 Å². The molecule has 1 saturated heterocycles. The summed E-state index contributed by atoms with van der Waals surface area (Å²) in [6, 6.07) is 16.9. The molecular formula is C24H22N2O3. The minimum absolute atomic E-state index is 0.0933. The highest BCUT2D eigenvalue weighted by Crippen LogP contribution is 2.53. The highest BCUT2D eigenvalue weighted by Gasteiger charge is 2.59. The van der Waals surface area contributed by atoms with Crippen molar-refractivity contribution in [2.75, 3.05) is 10.2 Å². The minimum atomic E-state index is -0.221.